The highest BCUT2D eigenvalue weighted by Gasteiger charge is 2.33. The molecule has 0 aliphatic carbocycles. The predicted molar refractivity (Wildman–Crippen MR) is 140 cm³/mol. The third-order valence-corrected chi connectivity index (χ3v) is 6.50. The summed E-state index contributed by atoms with van der Waals surface area (Å²) in [5.41, 5.74) is 1.96. The van der Waals surface area contributed by atoms with Crippen molar-refractivity contribution in [2.24, 2.45) is 4.99 Å². The van der Waals surface area contributed by atoms with Crippen LogP contribution in [0.5, 0.6) is 11.5 Å². The first-order chi connectivity index (χ1) is 17.8. The van der Waals surface area contributed by atoms with E-state index in [-0.39, 0.29) is 17.7 Å². The molecule has 0 amide bonds. The van der Waals surface area contributed by atoms with Crippen LogP contribution >= 0.6 is 11.3 Å². The molecule has 0 spiro atoms. The predicted octanol–water partition coefficient (Wildman–Crippen LogP) is 3.29. The van der Waals surface area contributed by atoms with Gasteiger partial charge in [0, 0.05) is 6.92 Å². The molecule has 0 radical (unpaired) electrons. The molecule has 3 aromatic rings. The largest absolute Gasteiger partial charge is 0.490 e. The van der Waals surface area contributed by atoms with E-state index < -0.39 is 18.0 Å². The Kier molecular flexibility index (Phi) is 7.83. The minimum atomic E-state index is -0.751. The number of rotatable bonds is 8. The molecule has 1 atom stereocenters. The molecule has 2 aromatic carbocycles. The molecule has 0 saturated carbocycles. The Morgan fingerprint density at radius 1 is 1.11 bits per heavy atom. The molecule has 1 aromatic heterocycles. The number of thiazole rings is 1. The lowest BCUT2D eigenvalue weighted by atomic mass is 9.96. The summed E-state index contributed by atoms with van der Waals surface area (Å²) in [6, 6.07) is 13.3. The number of fused-ring (bicyclic) bond motifs is 1. The van der Waals surface area contributed by atoms with Crippen molar-refractivity contribution in [3.63, 3.8) is 0 Å². The summed E-state index contributed by atoms with van der Waals surface area (Å²) in [4.78, 5) is 43.0. The van der Waals surface area contributed by atoms with E-state index in [1.807, 2.05) is 24.3 Å². The van der Waals surface area contributed by atoms with Gasteiger partial charge in [0.15, 0.2) is 4.80 Å². The van der Waals surface area contributed by atoms with Crippen LogP contribution in [0.4, 0.5) is 0 Å². The van der Waals surface area contributed by atoms with Crippen LogP contribution in [0, 0.1) is 0 Å². The summed E-state index contributed by atoms with van der Waals surface area (Å²) in [7, 11) is 0. The van der Waals surface area contributed by atoms with Crippen molar-refractivity contribution in [1.82, 2.24) is 4.57 Å². The number of ether oxygens (including phenoxy) is 3. The monoisotopic (exact) mass is 518 g/mol. The van der Waals surface area contributed by atoms with Gasteiger partial charge in [-0.05, 0) is 55.3 Å². The number of benzene rings is 2. The Morgan fingerprint density at radius 3 is 2.41 bits per heavy atom. The number of carbonyl (C=O) groups is 2. The van der Waals surface area contributed by atoms with Gasteiger partial charge in [-0.15, -0.1) is 0 Å². The lowest BCUT2D eigenvalue weighted by molar-refractivity contribution is -0.139. The van der Waals surface area contributed by atoms with Crippen LogP contribution in [0.2, 0.25) is 0 Å². The zero-order chi connectivity index (χ0) is 26.5. The molecule has 0 N–H and O–H groups in total. The quantitative estimate of drug-likeness (QED) is 0.258. The maximum absolute atomic E-state index is 13.7. The maximum Gasteiger partial charge on any atom is 0.338 e. The molecule has 4 rings (SSSR count). The topological polar surface area (TPSA) is 96.2 Å². The summed E-state index contributed by atoms with van der Waals surface area (Å²) in [6.07, 6.45) is 3.45. The van der Waals surface area contributed by atoms with Gasteiger partial charge in [0.2, 0.25) is 0 Å². The Bertz CT molecular complexity index is 1550. The van der Waals surface area contributed by atoms with E-state index in [0.717, 1.165) is 5.56 Å². The fourth-order valence-electron chi connectivity index (χ4n) is 3.96. The number of allylic oxidation sites excluding steroid dienone is 1. The van der Waals surface area contributed by atoms with E-state index in [1.54, 1.807) is 50.3 Å². The molecule has 1 unspecified atom stereocenters. The van der Waals surface area contributed by atoms with Gasteiger partial charge in [-0.3, -0.25) is 14.2 Å². The fraction of sp³-hybridized carbons (Fsp3) is 0.214. The Morgan fingerprint density at radius 2 is 1.78 bits per heavy atom. The molecular formula is C28H26N2O6S. The van der Waals surface area contributed by atoms with Crippen molar-refractivity contribution in [3.8, 4) is 11.5 Å². The van der Waals surface area contributed by atoms with Gasteiger partial charge in [-0.1, -0.05) is 48.3 Å². The molecule has 2 heterocycles. The van der Waals surface area contributed by atoms with Crippen LogP contribution in [0.15, 0.2) is 82.2 Å². The molecule has 1 aliphatic heterocycles. The van der Waals surface area contributed by atoms with Crippen molar-refractivity contribution >= 4 is 29.4 Å². The highest BCUT2D eigenvalue weighted by Crippen LogP contribution is 2.31. The van der Waals surface area contributed by atoms with Gasteiger partial charge >= 0.3 is 11.9 Å². The maximum atomic E-state index is 13.7. The van der Waals surface area contributed by atoms with Crippen molar-refractivity contribution in [2.45, 2.75) is 26.8 Å². The number of aromatic nitrogens is 1. The number of esters is 2. The molecule has 190 valence electrons. The van der Waals surface area contributed by atoms with Crippen molar-refractivity contribution in [2.75, 3.05) is 13.2 Å². The van der Waals surface area contributed by atoms with Crippen LogP contribution in [-0.2, 0) is 14.3 Å². The zero-order valence-electron chi connectivity index (χ0n) is 20.7. The van der Waals surface area contributed by atoms with E-state index in [2.05, 4.69) is 11.6 Å². The SMILES string of the molecule is C=CCOc1ccc(C=c2sc3n(c2=O)C(c2ccc(OC(C)=O)cc2)C(C(=O)OCC)=C(C)N=3)cc1. The Hall–Kier alpha value is -4.24. The molecule has 1 aliphatic rings. The summed E-state index contributed by atoms with van der Waals surface area (Å²) >= 11 is 1.24. The first-order valence-electron chi connectivity index (χ1n) is 11.6. The molecule has 0 fully saturated rings. The van der Waals surface area contributed by atoms with E-state index in [0.29, 0.717) is 38.7 Å². The van der Waals surface area contributed by atoms with Crippen LogP contribution in [0.1, 0.15) is 37.9 Å². The fourth-order valence-corrected chi connectivity index (χ4v) is 5.00. The molecule has 9 heteroatoms. The summed E-state index contributed by atoms with van der Waals surface area (Å²) < 4.78 is 18.0. The normalized spacial score (nSPS) is 15.0. The third-order valence-electron chi connectivity index (χ3n) is 5.52. The minimum Gasteiger partial charge on any atom is -0.490 e. The Balaban J connectivity index is 1.82. The van der Waals surface area contributed by atoms with Crippen LogP contribution in [0.3, 0.4) is 0 Å². The van der Waals surface area contributed by atoms with E-state index in [9.17, 15) is 14.4 Å². The average molecular weight is 519 g/mol. The third kappa shape index (κ3) is 5.62. The molecule has 0 bridgehead atoms. The first kappa shape index (κ1) is 25.8. The second-order valence-electron chi connectivity index (χ2n) is 8.13. The van der Waals surface area contributed by atoms with Crippen LogP contribution < -0.4 is 24.4 Å². The van der Waals surface area contributed by atoms with Crippen molar-refractivity contribution < 1.29 is 23.8 Å². The Labute approximate surface area is 217 Å². The number of hydrogen-bond acceptors (Lipinski definition) is 8. The second kappa shape index (κ2) is 11.2. The lowest BCUT2D eigenvalue weighted by Crippen LogP contribution is -2.39. The van der Waals surface area contributed by atoms with E-state index >= 15 is 0 Å². The van der Waals surface area contributed by atoms with E-state index in [4.69, 9.17) is 14.2 Å². The standard InChI is InChI=1S/C28H26N2O6S/c1-5-15-35-21-11-7-19(8-12-21)16-23-26(32)30-25(20-9-13-22(14-10-20)36-18(4)31)24(27(33)34-6-2)17(3)29-28(30)37-23/h5,7-14,16,25H,1,6,15H2,2-4H3. The van der Waals surface area contributed by atoms with Gasteiger partial charge in [0.25, 0.3) is 5.56 Å². The van der Waals surface area contributed by atoms with Gasteiger partial charge < -0.3 is 14.2 Å². The second-order valence-corrected chi connectivity index (χ2v) is 9.14. The van der Waals surface area contributed by atoms with Gasteiger partial charge in [-0.2, -0.15) is 0 Å². The van der Waals surface area contributed by atoms with E-state index in [1.165, 1.54) is 22.8 Å². The minimum absolute atomic E-state index is 0.185. The average Bonchev–Trinajstić information content (AvgIpc) is 3.17. The highest BCUT2D eigenvalue weighted by atomic mass is 32.1. The summed E-state index contributed by atoms with van der Waals surface area (Å²) in [5, 5.41) is 0. The van der Waals surface area contributed by atoms with Crippen molar-refractivity contribution in [3.05, 3.63) is 103 Å². The highest BCUT2D eigenvalue weighted by molar-refractivity contribution is 7.07. The van der Waals surface area contributed by atoms with Gasteiger partial charge in [0.05, 0.1) is 28.5 Å². The van der Waals surface area contributed by atoms with Crippen molar-refractivity contribution in [1.29, 1.82) is 0 Å². The summed E-state index contributed by atoms with van der Waals surface area (Å²) in [6.45, 7) is 9.00. The molecule has 8 nitrogen and oxygen atoms in total. The van der Waals surface area contributed by atoms with Crippen LogP contribution in [0.25, 0.3) is 6.08 Å². The number of carbonyl (C=O) groups excluding carboxylic acids is 2. The lowest BCUT2D eigenvalue weighted by Gasteiger charge is -2.24. The number of hydrogen-bond donors (Lipinski definition) is 0. The summed E-state index contributed by atoms with van der Waals surface area (Å²) in [5.74, 6) is 0.0826. The number of nitrogens with zero attached hydrogens (tertiary/aromatic N) is 2. The smallest absolute Gasteiger partial charge is 0.338 e. The molecular weight excluding hydrogens is 492 g/mol. The zero-order valence-corrected chi connectivity index (χ0v) is 21.5. The van der Waals surface area contributed by atoms with Gasteiger partial charge in [-0.25, -0.2) is 9.79 Å². The first-order valence-corrected chi connectivity index (χ1v) is 12.5. The molecule has 37 heavy (non-hydrogen) atoms. The van der Waals surface area contributed by atoms with Gasteiger partial charge in [0.1, 0.15) is 18.1 Å². The molecule has 0 saturated heterocycles. The van der Waals surface area contributed by atoms with Crippen LogP contribution in [-0.4, -0.2) is 29.7 Å².